The maximum absolute atomic E-state index is 15.6. The van der Waals surface area contributed by atoms with Gasteiger partial charge < -0.3 is 14.8 Å². The molecule has 5 heterocycles. The molecule has 0 amide bonds. The number of halogens is 1. The van der Waals surface area contributed by atoms with Crippen LogP contribution in [0.15, 0.2) is 55.1 Å². The molecule has 0 aliphatic carbocycles. The first-order valence-electron chi connectivity index (χ1n) is 16.4. The van der Waals surface area contributed by atoms with Crippen LogP contribution < -0.4 is 4.74 Å². The van der Waals surface area contributed by atoms with Gasteiger partial charge in [0.05, 0.1) is 22.8 Å². The second kappa shape index (κ2) is 13.0. The van der Waals surface area contributed by atoms with Crippen LogP contribution >= 0.6 is 0 Å². The zero-order valence-electron chi connectivity index (χ0n) is 28.3. The minimum Gasteiger partial charge on any atom is -0.481 e. The quantitative estimate of drug-likeness (QED) is 0.218. The molecule has 1 aromatic carbocycles. The number of benzene rings is 1. The Hall–Kier alpha value is -4.65. The predicted octanol–water partition coefficient (Wildman–Crippen LogP) is 6.42. The minimum absolute atomic E-state index is 0.0318. The van der Waals surface area contributed by atoms with E-state index >= 15 is 4.39 Å². The monoisotopic (exact) mass is 688 g/mol. The highest BCUT2D eigenvalue weighted by molar-refractivity contribution is 7.91. The first-order valence-corrected chi connectivity index (χ1v) is 18.2. The molecule has 0 saturated carbocycles. The number of aryl methyl sites for hydroxylation is 2. The SMILES string of the molecule is C[C@@H](Cc1cncc(C2(C)CCCC(C)(C)CS(=O)(=O)CCc3c(c(F)cc4[nH]ccc34)Oc3ccnc(c3)-c3nc2nn3C)c1)C(=O)O. The Morgan fingerprint density at radius 1 is 1.16 bits per heavy atom. The first-order chi connectivity index (χ1) is 23.1. The molecule has 4 aromatic heterocycles. The molecule has 2 N–H and O–H groups in total. The van der Waals surface area contributed by atoms with Crippen molar-refractivity contribution in [2.24, 2.45) is 18.4 Å². The predicted molar refractivity (Wildman–Crippen MR) is 184 cm³/mol. The number of hydrogen-bond donors (Lipinski definition) is 2. The zero-order chi connectivity index (χ0) is 35.1. The molecule has 0 spiro atoms. The Bertz CT molecular complexity index is 2140. The number of H-pyrrole nitrogens is 1. The Morgan fingerprint density at radius 3 is 2.73 bits per heavy atom. The van der Waals surface area contributed by atoms with E-state index < -0.39 is 38.4 Å². The van der Waals surface area contributed by atoms with E-state index in [1.54, 1.807) is 61.6 Å². The molecule has 1 aliphatic rings. The van der Waals surface area contributed by atoms with E-state index in [4.69, 9.17) is 14.8 Å². The summed E-state index contributed by atoms with van der Waals surface area (Å²) in [7, 11) is -1.78. The van der Waals surface area contributed by atoms with Crippen molar-refractivity contribution < 1.29 is 27.4 Å². The number of sulfone groups is 1. The number of carbonyl (C=O) groups is 1. The van der Waals surface area contributed by atoms with E-state index in [1.807, 2.05) is 26.8 Å². The normalized spacial score (nSPS) is 20.0. The fourth-order valence-electron chi connectivity index (χ4n) is 6.78. The lowest BCUT2D eigenvalue weighted by Gasteiger charge is -2.30. The van der Waals surface area contributed by atoms with Crippen LogP contribution in [0, 0.1) is 17.2 Å². The van der Waals surface area contributed by atoms with E-state index in [-0.39, 0.29) is 23.7 Å². The molecule has 1 unspecified atom stereocenters. The third-order valence-electron chi connectivity index (χ3n) is 9.50. The average Bonchev–Trinajstić information content (AvgIpc) is 3.66. The number of pyridine rings is 2. The third-order valence-corrected chi connectivity index (χ3v) is 11.6. The molecule has 5 aromatic rings. The number of nitrogens with one attached hydrogen (secondary N) is 1. The maximum atomic E-state index is 15.6. The Labute approximate surface area is 284 Å². The van der Waals surface area contributed by atoms with Gasteiger partial charge in [-0.2, -0.15) is 5.10 Å². The van der Waals surface area contributed by atoms with Crippen LogP contribution in [0.5, 0.6) is 11.5 Å². The van der Waals surface area contributed by atoms with Gasteiger partial charge in [0.25, 0.3) is 0 Å². The lowest BCUT2D eigenvalue weighted by atomic mass is 9.75. The van der Waals surface area contributed by atoms with E-state index in [2.05, 4.69) is 15.0 Å². The summed E-state index contributed by atoms with van der Waals surface area (Å²) in [5, 5.41) is 15.1. The highest BCUT2D eigenvalue weighted by Gasteiger charge is 2.36. The number of ether oxygens (including phenoxy) is 1. The van der Waals surface area contributed by atoms with E-state index in [0.29, 0.717) is 65.2 Å². The molecule has 258 valence electrons. The van der Waals surface area contributed by atoms with Crippen LogP contribution in [-0.4, -0.2) is 60.7 Å². The highest BCUT2D eigenvalue weighted by atomic mass is 32.2. The van der Waals surface area contributed by atoms with Gasteiger partial charge in [-0.1, -0.05) is 33.3 Å². The number of aromatic nitrogens is 6. The van der Waals surface area contributed by atoms with E-state index in [9.17, 15) is 18.3 Å². The lowest BCUT2D eigenvalue weighted by Crippen LogP contribution is -2.29. The molecule has 0 radical (unpaired) electrons. The van der Waals surface area contributed by atoms with Crippen LogP contribution in [0.4, 0.5) is 4.39 Å². The summed E-state index contributed by atoms with van der Waals surface area (Å²) in [5.41, 5.74) is 1.78. The Balaban J connectivity index is 1.47. The summed E-state index contributed by atoms with van der Waals surface area (Å²) in [6, 6.07) is 8.38. The number of carboxylic acids is 1. The summed E-state index contributed by atoms with van der Waals surface area (Å²) in [5.74, 6) is -1.02. The van der Waals surface area contributed by atoms with Crippen LogP contribution in [-0.2, 0) is 39.9 Å². The van der Waals surface area contributed by atoms with Crippen molar-refractivity contribution >= 4 is 26.7 Å². The van der Waals surface area contributed by atoms with Gasteiger partial charge in [-0.15, -0.1) is 0 Å². The van der Waals surface area contributed by atoms with Crippen LogP contribution in [0.25, 0.3) is 22.4 Å². The van der Waals surface area contributed by atoms with Gasteiger partial charge in [0, 0.05) is 60.4 Å². The van der Waals surface area contributed by atoms with Crippen molar-refractivity contribution in [2.45, 2.75) is 65.2 Å². The summed E-state index contributed by atoms with van der Waals surface area (Å²) >= 11 is 0. The number of nitrogens with zero attached hydrogens (tertiary/aromatic N) is 5. The van der Waals surface area contributed by atoms with Gasteiger partial charge in [-0.25, -0.2) is 22.5 Å². The van der Waals surface area contributed by atoms with Gasteiger partial charge in [-0.05, 0) is 61.3 Å². The van der Waals surface area contributed by atoms with Gasteiger partial charge in [0.2, 0.25) is 0 Å². The molecule has 0 saturated heterocycles. The summed E-state index contributed by atoms with van der Waals surface area (Å²) < 4.78 is 50.7. The van der Waals surface area contributed by atoms with Crippen molar-refractivity contribution in [1.29, 1.82) is 0 Å². The fraction of sp³-hybridized carbons (Fsp3) is 0.417. The third kappa shape index (κ3) is 7.22. The standard InChI is InChI=1S/C36H41FN6O5S/c1-22(33(44)45)15-23-16-24(20-38-19-23)36(4)11-6-10-35(2,3)21-49(46,47)14-9-27-26-8-13-39-29(26)18-28(37)31(27)48-25-7-12-40-30(17-25)32-41-34(36)42-43(32)5/h7-8,12-13,16-20,22,39H,6,9-11,14-15,21H2,1-5H3,(H,44,45)/t22-,36?/m0/s1. The molecular formula is C36H41FN6O5S. The topological polar surface area (TPSA) is 153 Å². The molecule has 13 heteroatoms. The van der Waals surface area contributed by atoms with E-state index in [1.165, 1.54) is 6.07 Å². The summed E-state index contributed by atoms with van der Waals surface area (Å²) in [6.45, 7) is 7.59. The van der Waals surface area contributed by atoms with Crippen molar-refractivity contribution in [1.82, 2.24) is 29.7 Å². The molecule has 6 rings (SSSR count). The summed E-state index contributed by atoms with van der Waals surface area (Å²) in [6.07, 6.45) is 8.90. The smallest absolute Gasteiger partial charge is 0.306 e. The van der Waals surface area contributed by atoms with Crippen molar-refractivity contribution in [3.63, 3.8) is 0 Å². The van der Waals surface area contributed by atoms with Crippen LogP contribution in [0.3, 0.4) is 0 Å². The number of rotatable bonds is 4. The molecular weight excluding hydrogens is 647 g/mol. The zero-order valence-corrected chi connectivity index (χ0v) is 29.1. The van der Waals surface area contributed by atoms with Gasteiger partial charge >= 0.3 is 5.97 Å². The second-order valence-electron chi connectivity index (χ2n) is 14.2. The van der Waals surface area contributed by atoms with Crippen molar-refractivity contribution in [3.8, 4) is 23.0 Å². The molecule has 1 aliphatic heterocycles. The number of aromatic amines is 1. The lowest BCUT2D eigenvalue weighted by molar-refractivity contribution is -0.141. The molecule has 11 nitrogen and oxygen atoms in total. The van der Waals surface area contributed by atoms with Crippen molar-refractivity contribution in [3.05, 3.63) is 83.5 Å². The van der Waals surface area contributed by atoms with Gasteiger partial charge in [0.15, 0.2) is 33.1 Å². The molecule has 4 bridgehead atoms. The molecule has 0 fully saturated rings. The largest absolute Gasteiger partial charge is 0.481 e. The average molecular weight is 689 g/mol. The van der Waals surface area contributed by atoms with Gasteiger partial charge in [0.1, 0.15) is 11.4 Å². The van der Waals surface area contributed by atoms with Crippen LogP contribution in [0.1, 0.15) is 69.5 Å². The number of fused-ring (bicyclic) bond motifs is 8. The second-order valence-corrected chi connectivity index (χ2v) is 16.4. The Kier molecular flexibility index (Phi) is 9.08. The molecule has 49 heavy (non-hydrogen) atoms. The van der Waals surface area contributed by atoms with Crippen LogP contribution in [0.2, 0.25) is 0 Å². The molecule has 2 atom stereocenters. The number of hydrogen-bond acceptors (Lipinski definition) is 8. The highest BCUT2D eigenvalue weighted by Crippen LogP contribution is 2.40. The summed E-state index contributed by atoms with van der Waals surface area (Å²) in [4.78, 5) is 28.6. The Morgan fingerprint density at radius 2 is 1.96 bits per heavy atom. The number of aliphatic carboxylic acids is 1. The number of carboxylic acid groups (broad SMARTS) is 1. The first kappa shape index (κ1) is 34.2. The van der Waals surface area contributed by atoms with Gasteiger partial charge in [-0.3, -0.25) is 14.8 Å². The van der Waals surface area contributed by atoms with Crippen molar-refractivity contribution in [2.75, 3.05) is 11.5 Å². The maximum Gasteiger partial charge on any atom is 0.306 e. The fourth-order valence-corrected chi connectivity index (χ4v) is 8.78. The van der Waals surface area contributed by atoms with E-state index in [0.717, 1.165) is 11.1 Å². The minimum atomic E-state index is -3.56.